The van der Waals surface area contributed by atoms with Crippen LogP contribution in [-0.2, 0) is 0 Å². The molecule has 0 bridgehead atoms. The Morgan fingerprint density at radius 1 is 1.29 bits per heavy atom. The summed E-state index contributed by atoms with van der Waals surface area (Å²) in [5, 5.41) is 12.5. The lowest BCUT2D eigenvalue weighted by Crippen LogP contribution is -2.40. The average Bonchev–Trinajstić information content (AvgIpc) is 3.18. The van der Waals surface area contributed by atoms with E-state index < -0.39 is 0 Å². The zero-order valence-corrected chi connectivity index (χ0v) is 13.8. The lowest BCUT2D eigenvalue weighted by molar-refractivity contribution is 0.0701. The number of rotatable bonds is 2. The van der Waals surface area contributed by atoms with E-state index in [2.05, 4.69) is 15.4 Å². The Hall–Kier alpha value is -2.70. The number of aryl methyl sites for hydroxylation is 2. The Balaban J connectivity index is 1.61. The summed E-state index contributed by atoms with van der Waals surface area (Å²) >= 11 is 0. The topological polar surface area (TPSA) is 76.5 Å². The number of likely N-dealkylation sites (tertiary alicyclic amines) is 1. The maximum Gasteiger partial charge on any atom is 0.259 e. The number of aromatic nitrogens is 4. The number of hydrogen-bond acceptors (Lipinski definition) is 5. The van der Waals surface area contributed by atoms with Crippen molar-refractivity contribution in [3.05, 3.63) is 47.2 Å². The van der Waals surface area contributed by atoms with Gasteiger partial charge in [0.2, 0.25) is 0 Å². The summed E-state index contributed by atoms with van der Waals surface area (Å²) < 4.78 is 7.15. The van der Waals surface area contributed by atoms with Crippen molar-refractivity contribution in [1.82, 2.24) is 24.7 Å². The fourth-order valence-electron chi connectivity index (χ4n) is 3.46. The van der Waals surface area contributed by atoms with E-state index in [1.54, 1.807) is 13.8 Å². The standard InChI is InChI=1S/C17H19N5O2/c1-11-15(12(2)24-20-11)17(23)21-8-5-6-13(10-21)16-19-18-14-7-3-4-9-22(14)16/h3-4,7,9,13H,5-6,8,10H2,1-2H3/t13-/m1/s1. The normalized spacial score (nSPS) is 18.2. The number of pyridine rings is 1. The molecular formula is C17H19N5O2. The van der Waals surface area contributed by atoms with Crippen molar-refractivity contribution in [2.24, 2.45) is 0 Å². The highest BCUT2D eigenvalue weighted by Gasteiger charge is 2.30. The van der Waals surface area contributed by atoms with Crippen LogP contribution in [0.2, 0.25) is 0 Å². The van der Waals surface area contributed by atoms with Gasteiger partial charge >= 0.3 is 0 Å². The molecule has 7 heteroatoms. The highest BCUT2D eigenvalue weighted by Crippen LogP contribution is 2.28. The number of fused-ring (bicyclic) bond motifs is 1. The van der Waals surface area contributed by atoms with Gasteiger partial charge in [-0.1, -0.05) is 11.2 Å². The maximum atomic E-state index is 12.9. The lowest BCUT2D eigenvalue weighted by Gasteiger charge is -2.31. The second-order valence-electron chi connectivity index (χ2n) is 6.28. The summed E-state index contributed by atoms with van der Waals surface area (Å²) in [4.78, 5) is 14.7. The van der Waals surface area contributed by atoms with Gasteiger partial charge in [0.25, 0.3) is 5.91 Å². The van der Waals surface area contributed by atoms with Gasteiger partial charge < -0.3 is 9.42 Å². The lowest BCUT2D eigenvalue weighted by atomic mass is 9.96. The van der Waals surface area contributed by atoms with Gasteiger partial charge in [-0.15, -0.1) is 10.2 Å². The monoisotopic (exact) mass is 325 g/mol. The van der Waals surface area contributed by atoms with Crippen molar-refractivity contribution in [2.75, 3.05) is 13.1 Å². The van der Waals surface area contributed by atoms with E-state index in [9.17, 15) is 4.79 Å². The first-order valence-electron chi connectivity index (χ1n) is 8.17. The maximum absolute atomic E-state index is 12.9. The van der Waals surface area contributed by atoms with E-state index in [0.717, 1.165) is 30.9 Å². The van der Waals surface area contributed by atoms with Crippen molar-refractivity contribution in [3.8, 4) is 0 Å². The average molecular weight is 325 g/mol. The quantitative estimate of drug-likeness (QED) is 0.723. The molecule has 0 saturated carbocycles. The molecule has 1 aliphatic heterocycles. The minimum Gasteiger partial charge on any atom is -0.361 e. The molecule has 4 rings (SSSR count). The van der Waals surface area contributed by atoms with Crippen molar-refractivity contribution < 1.29 is 9.32 Å². The summed E-state index contributed by atoms with van der Waals surface area (Å²) in [5.74, 6) is 1.67. The van der Waals surface area contributed by atoms with Crippen LogP contribution in [-0.4, -0.2) is 43.7 Å². The SMILES string of the molecule is Cc1noc(C)c1C(=O)N1CCC[C@@H](c2nnc3ccccn23)C1. The smallest absolute Gasteiger partial charge is 0.259 e. The number of carbonyl (C=O) groups excluding carboxylic acids is 1. The van der Waals surface area contributed by atoms with Gasteiger partial charge in [0.15, 0.2) is 5.65 Å². The third-order valence-electron chi connectivity index (χ3n) is 4.66. The fraction of sp³-hybridized carbons (Fsp3) is 0.412. The number of carbonyl (C=O) groups is 1. The molecule has 0 aliphatic carbocycles. The van der Waals surface area contributed by atoms with Crippen LogP contribution in [0, 0.1) is 13.8 Å². The van der Waals surface area contributed by atoms with Crippen molar-refractivity contribution in [1.29, 1.82) is 0 Å². The summed E-state index contributed by atoms with van der Waals surface area (Å²) in [6, 6.07) is 5.85. The van der Waals surface area contributed by atoms with Gasteiger partial charge in [0.1, 0.15) is 17.1 Å². The molecule has 1 saturated heterocycles. The van der Waals surface area contributed by atoms with E-state index in [1.807, 2.05) is 33.7 Å². The highest BCUT2D eigenvalue weighted by atomic mass is 16.5. The molecule has 124 valence electrons. The summed E-state index contributed by atoms with van der Waals surface area (Å²) in [6.07, 6.45) is 3.92. The fourth-order valence-corrected chi connectivity index (χ4v) is 3.46. The molecule has 24 heavy (non-hydrogen) atoms. The van der Waals surface area contributed by atoms with Crippen LogP contribution in [0.15, 0.2) is 28.9 Å². The molecule has 3 aromatic heterocycles. The van der Waals surface area contributed by atoms with Crippen LogP contribution in [0.4, 0.5) is 0 Å². The van der Waals surface area contributed by atoms with E-state index >= 15 is 0 Å². The predicted molar refractivity (Wildman–Crippen MR) is 86.8 cm³/mol. The largest absolute Gasteiger partial charge is 0.361 e. The van der Waals surface area contributed by atoms with E-state index in [0.29, 0.717) is 23.6 Å². The molecule has 4 heterocycles. The molecule has 1 atom stereocenters. The molecular weight excluding hydrogens is 306 g/mol. The van der Waals surface area contributed by atoms with Crippen LogP contribution >= 0.6 is 0 Å². The van der Waals surface area contributed by atoms with Gasteiger partial charge in [-0.05, 0) is 38.8 Å². The Kier molecular flexibility index (Phi) is 3.55. The molecule has 1 aliphatic rings. The second kappa shape index (κ2) is 5.74. The zero-order valence-electron chi connectivity index (χ0n) is 13.8. The molecule has 0 radical (unpaired) electrons. The number of amides is 1. The molecule has 0 aromatic carbocycles. The van der Waals surface area contributed by atoms with Crippen molar-refractivity contribution in [3.63, 3.8) is 0 Å². The molecule has 3 aromatic rings. The molecule has 7 nitrogen and oxygen atoms in total. The molecule has 1 fully saturated rings. The van der Waals surface area contributed by atoms with Gasteiger partial charge in [-0.25, -0.2) is 0 Å². The van der Waals surface area contributed by atoms with Crippen LogP contribution in [0.25, 0.3) is 5.65 Å². The van der Waals surface area contributed by atoms with Crippen molar-refractivity contribution >= 4 is 11.6 Å². The minimum absolute atomic E-state index is 0.00947. The Morgan fingerprint density at radius 2 is 2.17 bits per heavy atom. The van der Waals surface area contributed by atoms with Crippen LogP contribution in [0.3, 0.4) is 0 Å². The molecule has 0 spiro atoms. The first-order valence-corrected chi connectivity index (χ1v) is 8.17. The first-order chi connectivity index (χ1) is 11.6. The Labute approximate surface area is 139 Å². The van der Waals surface area contributed by atoms with Crippen molar-refractivity contribution in [2.45, 2.75) is 32.6 Å². The third-order valence-corrected chi connectivity index (χ3v) is 4.66. The first kappa shape index (κ1) is 14.9. The van der Waals surface area contributed by atoms with Gasteiger partial charge in [-0.2, -0.15) is 0 Å². The third kappa shape index (κ3) is 2.36. The minimum atomic E-state index is -0.00947. The summed E-state index contributed by atoms with van der Waals surface area (Å²) in [7, 11) is 0. The van der Waals surface area contributed by atoms with E-state index in [1.165, 1.54) is 0 Å². The Bertz CT molecular complexity index is 878. The number of hydrogen-bond donors (Lipinski definition) is 0. The number of nitrogens with zero attached hydrogens (tertiary/aromatic N) is 5. The van der Waals surface area contributed by atoms with Crippen LogP contribution in [0.1, 0.15) is 46.4 Å². The Morgan fingerprint density at radius 3 is 2.96 bits per heavy atom. The predicted octanol–water partition coefficient (Wildman–Crippen LogP) is 2.35. The second-order valence-corrected chi connectivity index (χ2v) is 6.28. The zero-order chi connectivity index (χ0) is 16.7. The van der Waals surface area contributed by atoms with Crippen LogP contribution in [0.5, 0.6) is 0 Å². The molecule has 0 unspecified atom stereocenters. The van der Waals surface area contributed by atoms with Crippen LogP contribution < -0.4 is 0 Å². The van der Waals surface area contributed by atoms with Gasteiger partial charge in [-0.3, -0.25) is 9.20 Å². The summed E-state index contributed by atoms with van der Waals surface area (Å²) in [6.45, 7) is 4.96. The van der Waals surface area contributed by atoms with Gasteiger partial charge in [0.05, 0.1) is 5.69 Å². The molecule has 0 N–H and O–H groups in total. The number of piperidine rings is 1. The molecule has 1 amide bonds. The highest BCUT2D eigenvalue weighted by molar-refractivity contribution is 5.96. The van der Waals surface area contributed by atoms with Gasteiger partial charge in [0, 0.05) is 25.2 Å². The summed E-state index contributed by atoms with van der Waals surface area (Å²) in [5.41, 5.74) is 2.07. The van der Waals surface area contributed by atoms with E-state index in [-0.39, 0.29) is 11.8 Å². The van der Waals surface area contributed by atoms with E-state index in [4.69, 9.17) is 4.52 Å².